The molecule has 5 rings (SSSR count). The van der Waals surface area contributed by atoms with E-state index in [-0.39, 0.29) is 18.0 Å². The first-order chi connectivity index (χ1) is 18.5. The van der Waals surface area contributed by atoms with Crippen molar-refractivity contribution in [2.75, 3.05) is 32.1 Å². The lowest BCUT2D eigenvalue weighted by Gasteiger charge is -2.55. The SMILES string of the molecule is COc1ccc(NC(=O)N2CCCCN3C(C2)C(c2ccc(C#Cc4ccccc4)cc2)C3C(=O)O)cc1. The van der Waals surface area contributed by atoms with E-state index in [1.807, 2.05) is 76.5 Å². The number of nitrogens with one attached hydrogen (secondary N) is 1. The molecule has 7 heteroatoms. The van der Waals surface area contributed by atoms with Gasteiger partial charge in [0, 0.05) is 41.9 Å². The smallest absolute Gasteiger partial charge is 0.321 e. The van der Waals surface area contributed by atoms with E-state index in [0.29, 0.717) is 25.3 Å². The standard InChI is InChI=1S/C31H31N3O4/c1-38-26-17-15-25(16-18-26)32-31(37)33-19-5-6-20-34-27(21-33)28(29(34)30(35)36)24-13-11-23(12-14-24)10-9-22-7-3-2-4-8-22/h2-4,7-8,11-18,27-29H,5-6,19-21H2,1H3,(H,32,37)(H,35,36). The number of carbonyl (C=O) groups excluding carboxylic acids is 1. The fraction of sp³-hybridized carbons (Fsp3) is 0.290. The number of carboxylic acid groups (broad SMARTS) is 1. The van der Waals surface area contributed by atoms with Gasteiger partial charge in [-0.15, -0.1) is 0 Å². The molecule has 2 fully saturated rings. The molecule has 3 unspecified atom stereocenters. The molecular formula is C31H31N3O4. The van der Waals surface area contributed by atoms with E-state index in [0.717, 1.165) is 35.3 Å². The molecule has 194 valence electrons. The molecule has 2 saturated heterocycles. The zero-order valence-corrected chi connectivity index (χ0v) is 21.3. The molecule has 2 amide bonds. The van der Waals surface area contributed by atoms with Crippen molar-refractivity contribution >= 4 is 17.7 Å². The van der Waals surface area contributed by atoms with Crippen molar-refractivity contribution in [1.82, 2.24) is 9.80 Å². The van der Waals surface area contributed by atoms with Gasteiger partial charge in [0.05, 0.1) is 7.11 Å². The topological polar surface area (TPSA) is 82.1 Å². The second-order valence-corrected chi connectivity index (χ2v) is 9.66. The van der Waals surface area contributed by atoms with Crippen LogP contribution in [0, 0.1) is 11.8 Å². The Balaban J connectivity index is 1.33. The predicted molar refractivity (Wildman–Crippen MR) is 146 cm³/mol. The molecule has 7 nitrogen and oxygen atoms in total. The number of carbonyl (C=O) groups is 2. The van der Waals surface area contributed by atoms with Gasteiger partial charge in [-0.3, -0.25) is 9.69 Å². The first kappa shape index (κ1) is 25.4. The molecule has 2 aliphatic rings. The first-order valence-corrected chi connectivity index (χ1v) is 12.9. The molecule has 3 aromatic rings. The van der Waals surface area contributed by atoms with Crippen LogP contribution in [0.25, 0.3) is 0 Å². The Hall–Kier alpha value is -4.28. The number of ether oxygens (including phenoxy) is 1. The maximum atomic E-state index is 13.2. The van der Waals surface area contributed by atoms with Crippen LogP contribution in [-0.4, -0.2) is 65.7 Å². The lowest BCUT2D eigenvalue weighted by Crippen LogP contribution is -2.69. The number of aliphatic carboxylic acids is 1. The molecule has 2 aliphatic heterocycles. The van der Waals surface area contributed by atoms with Crippen molar-refractivity contribution in [1.29, 1.82) is 0 Å². The third-order valence-corrected chi connectivity index (χ3v) is 7.34. The van der Waals surface area contributed by atoms with E-state index in [2.05, 4.69) is 17.2 Å². The van der Waals surface area contributed by atoms with Gasteiger partial charge >= 0.3 is 12.0 Å². The van der Waals surface area contributed by atoms with Gasteiger partial charge in [-0.05, 0) is 73.5 Å². The highest BCUT2D eigenvalue weighted by molar-refractivity contribution is 5.89. The van der Waals surface area contributed by atoms with Gasteiger partial charge in [-0.1, -0.05) is 42.2 Å². The first-order valence-electron chi connectivity index (χ1n) is 12.9. The van der Waals surface area contributed by atoms with E-state index in [1.165, 1.54) is 0 Å². The summed E-state index contributed by atoms with van der Waals surface area (Å²) in [4.78, 5) is 29.3. The molecular weight excluding hydrogens is 478 g/mol. The molecule has 2 heterocycles. The Labute approximate surface area is 223 Å². The Morgan fingerprint density at radius 2 is 1.55 bits per heavy atom. The highest BCUT2D eigenvalue weighted by Gasteiger charge is 2.53. The van der Waals surface area contributed by atoms with Crippen molar-refractivity contribution in [3.05, 3.63) is 95.6 Å². The maximum Gasteiger partial charge on any atom is 0.321 e. The van der Waals surface area contributed by atoms with Gasteiger partial charge in [0.15, 0.2) is 0 Å². The summed E-state index contributed by atoms with van der Waals surface area (Å²) in [6.45, 7) is 1.81. The van der Waals surface area contributed by atoms with Crippen LogP contribution in [0.5, 0.6) is 5.75 Å². The number of anilines is 1. The molecule has 3 aromatic carbocycles. The van der Waals surface area contributed by atoms with Crippen molar-refractivity contribution in [3.8, 4) is 17.6 Å². The van der Waals surface area contributed by atoms with Crippen LogP contribution in [0.2, 0.25) is 0 Å². The zero-order chi connectivity index (χ0) is 26.5. The minimum Gasteiger partial charge on any atom is -0.497 e. The van der Waals surface area contributed by atoms with Gasteiger partial charge < -0.3 is 20.1 Å². The molecule has 3 atom stereocenters. The quantitative estimate of drug-likeness (QED) is 0.501. The van der Waals surface area contributed by atoms with Gasteiger partial charge in [0.25, 0.3) is 0 Å². The number of fused-ring (bicyclic) bond motifs is 1. The molecule has 0 aromatic heterocycles. The number of urea groups is 1. The Bertz CT molecular complexity index is 1330. The van der Waals surface area contributed by atoms with Gasteiger partial charge in [-0.2, -0.15) is 0 Å². The van der Waals surface area contributed by atoms with Crippen molar-refractivity contribution < 1.29 is 19.4 Å². The number of nitrogens with zero attached hydrogens (tertiary/aromatic N) is 2. The molecule has 0 aliphatic carbocycles. The summed E-state index contributed by atoms with van der Waals surface area (Å²) in [5.74, 6) is 6.02. The molecule has 0 saturated carbocycles. The van der Waals surface area contributed by atoms with Crippen LogP contribution in [-0.2, 0) is 4.79 Å². The number of methoxy groups -OCH3 is 1. The van der Waals surface area contributed by atoms with Crippen LogP contribution in [0.15, 0.2) is 78.9 Å². The van der Waals surface area contributed by atoms with Crippen molar-refractivity contribution in [3.63, 3.8) is 0 Å². The Kier molecular flexibility index (Phi) is 7.62. The number of benzene rings is 3. The van der Waals surface area contributed by atoms with Crippen LogP contribution in [0.3, 0.4) is 0 Å². The molecule has 0 spiro atoms. The Morgan fingerprint density at radius 1 is 0.895 bits per heavy atom. The largest absolute Gasteiger partial charge is 0.497 e. The van der Waals surface area contributed by atoms with Crippen LogP contribution in [0.4, 0.5) is 10.5 Å². The molecule has 0 radical (unpaired) electrons. The van der Waals surface area contributed by atoms with E-state index in [4.69, 9.17) is 4.74 Å². The van der Waals surface area contributed by atoms with Gasteiger partial charge in [0.1, 0.15) is 11.8 Å². The lowest BCUT2D eigenvalue weighted by atomic mass is 9.74. The summed E-state index contributed by atoms with van der Waals surface area (Å²) in [5.41, 5.74) is 3.47. The number of carboxylic acids is 1. The molecule has 2 N–H and O–H groups in total. The number of hydrogen-bond donors (Lipinski definition) is 2. The minimum absolute atomic E-state index is 0.0701. The summed E-state index contributed by atoms with van der Waals surface area (Å²) in [5, 5.41) is 13.1. The monoisotopic (exact) mass is 509 g/mol. The number of amides is 2. The van der Waals surface area contributed by atoms with Gasteiger partial charge in [0.2, 0.25) is 0 Å². The average molecular weight is 510 g/mol. The van der Waals surface area contributed by atoms with E-state index < -0.39 is 12.0 Å². The van der Waals surface area contributed by atoms with Crippen LogP contribution >= 0.6 is 0 Å². The van der Waals surface area contributed by atoms with Gasteiger partial charge in [-0.25, -0.2) is 4.79 Å². The Morgan fingerprint density at radius 3 is 2.21 bits per heavy atom. The minimum atomic E-state index is -0.825. The highest BCUT2D eigenvalue weighted by Crippen LogP contribution is 2.42. The second-order valence-electron chi connectivity index (χ2n) is 9.66. The summed E-state index contributed by atoms with van der Waals surface area (Å²) >= 11 is 0. The summed E-state index contributed by atoms with van der Waals surface area (Å²) < 4.78 is 5.19. The maximum absolute atomic E-state index is 13.2. The summed E-state index contributed by atoms with van der Waals surface area (Å²) in [6, 6.07) is 24.0. The van der Waals surface area contributed by atoms with E-state index in [9.17, 15) is 14.7 Å². The van der Waals surface area contributed by atoms with Crippen LogP contribution in [0.1, 0.15) is 35.4 Å². The highest BCUT2D eigenvalue weighted by atomic mass is 16.5. The second kappa shape index (κ2) is 11.4. The third-order valence-electron chi connectivity index (χ3n) is 7.34. The predicted octanol–water partition coefficient (Wildman–Crippen LogP) is 4.64. The molecule has 38 heavy (non-hydrogen) atoms. The van der Waals surface area contributed by atoms with E-state index >= 15 is 0 Å². The number of rotatable bonds is 4. The van der Waals surface area contributed by atoms with Crippen molar-refractivity contribution in [2.45, 2.75) is 30.8 Å². The fourth-order valence-electron chi connectivity index (χ4n) is 5.38. The normalized spacial score (nSPS) is 21.0. The lowest BCUT2D eigenvalue weighted by molar-refractivity contribution is -0.156. The zero-order valence-electron chi connectivity index (χ0n) is 21.3. The molecule has 0 bridgehead atoms. The van der Waals surface area contributed by atoms with E-state index in [1.54, 1.807) is 19.2 Å². The van der Waals surface area contributed by atoms with Crippen LogP contribution < -0.4 is 10.1 Å². The summed E-state index contributed by atoms with van der Waals surface area (Å²) in [6.07, 6.45) is 1.67. The average Bonchev–Trinajstić information content (AvgIpc) is 2.92. The summed E-state index contributed by atoms with van der Waals surface area (Å²) in [7, 11) is 1.60. The fourth-order valence-corrected chi connectivity index (χ4v) is 5.38. The van der Waals surface area contributed by atoms with Crippen molar-refractivity contribution in [2.24, 2.45) is 0 Å². The number of hydrogen-bond acceptors (Lipinski definition) is 4. The third kappa shape index (κ3) is 5.51.